The van der Waals surface area contributed by atoms with Crippen molar-refractivity contribution >= 4 is 11.6 Å². The number of hydrogen-bond donors (Lipinski definition) is 1. The lowest BCUT2D eigenvalue weighted by atomic mass is 10.1. The van der Waals surface area contributed by atoms with Crippen molar-refractivity contribution in [3.63, 3.8) is 0 Å². The maximum absolute atomic E-state index is 12.5. The molecule has 1 aliphatic heterocycles. The Labute approximate surface area is 115 Å². The van der Waals surface area contributed by atoms with E-state index in [1.165, 1.54) is 0 Å². The second-order valence-corrected chi connectivity index (χ2v) is 5.36. The first kappa shape index (κ1) is 13.9. The molecule has 4 heteroatoms. The van der Waals surface area contributed by atoms with Gasteiger partial charge in [0.2, 0.25) is 0 Å². The van der Waals surface area contributed by atoms with Crippen LogP contribution in [0.4, 0.5) is 5.69 Å². The summed E-state index contributed by atoms with van der Waals surface area (Å²) in [5.41, 5.74) is 8.21. The maximum Gasteiger partial charge on any atom is 0.254 e. The normalized spacial score (nSPS) is 20.6. The molecule has 0 radical (unpaired) electrons. The van der Waals surface area contributed by atoms with E-state index in [4.69, 9.17) is 5.73 Å². The smallest absolute Gasteiger partial charge is 0.254 e. The van der Waals surface area contributed by atoms with Crippen LogP contribution in [0.25, 0.3) is 0 Å². The summed E-state index contributed by atoms with van der Waals surface area (Å²) >= 11 is 0. The summed E-state index contributed by atoms with van der Waals surface area (Å²) < 4.78 is 0. The highest BCUT2D eigenvalue weighted by atomic mass is 16.2. The molecule has 0 bridgehead atoms. The van der Waals surface area contributed by atoms with Crippen LogP contribution in [0.2, 0.25) is 0 Å². The molecule has 19 heavy (non-hydrogen) atoms. The number of nitrogens with two attached hydrogens (primary N) is 1. The molecule has 1 fully saturated rings. The van der Waals surface area contributed by atoms with Gasteiger partial charge in [-0.3, -0.25) is 9.69 Å². The van der Waals surface area contributed by atoms with Crippen LogP contribution in [0, 0.1) is 6.92 Å². The Kier molecular flexibility index (Phi) is 4.10. The largest absolute Gasteiger partial charge is 0.399 e. The van der Waals surface area contributed by atoms with Crippen molar-refractivity contribution < 1.29 is 4.79 Å². The summed E-state index contributed by atoms with van der Waals surface area (Å²) in [4.78, 5) is 16.8. The zero-order valence-corrected chi connectivity index (χ0v) is 12.0. The third-order valence-electron chi connectivity index (χ3n) is 3.81. The quantitative estimate of drug-likeness (QED) is 0.825. The number of rotatable bonds is 2. The molecule has 104 valence electrons. The Morgan fingerprint density at radius 1 is 1.37 bits per heavy atom. The highest BCUT2D eigenvalue weighted by Gasteiger charge is 2.26. The van der Waals surface area contributed by atoms with Gasteiger partial charge in [-0.1, -0.05) is 6.92 Å². The number of amides is 1. The van der Waals surface area contributed by atoms with Crippen molar-refractivity contribution in [3.8, 4) is 0 Å². The van der Waals surface area contributed by atoms with Gasteiger partial charge < -0.3 is 10.6 Å². The fraction of sp³-hybridized carbons (Fsp3) is 0.533. The van der Waals surface area contributed by atoms with E-state index in [0.29, 0.717) is 17.3 Å². The first-order chi connectivity index (χ1) is 9.01. The maximum atomic E-state index is 12.5. The summed E-state index contributed by atoms with van der Waals surface area (Å²) in [5, 5.41) is 0. The van der Waals surface area contributed by atoms with Gasteiger partial charge in [0, 0.05) is 36.9 Å². The second kappa shape index (κ2) is 5.61. The highest BCUT2D eigenvalue weighted by molar-refractivity contribution is 5.95. The van der Waals surface area contributed by atoms with Gasteiger partial charge in [0.05, 0.1) is 0 Å². The molecule has 1 aromatic carbocycles. The zero-order chi connectivity index (χ0) is 14.0. The lowest BCUT2D eigenvalue weighted by Gasteiger charge is -2.39. The molecular formula is C15H23N3O. The Balaban J connectivity index is 2.12. The van der Waals surface area contributed by atoms with Crippen molar-refractivity contribution in [2.24, 2.45) is 0 Å². The summed E-state index contributed by atoms with van der Waals surface area (Å²) in [5.74, 6) is 0.0954. The average Bonchev–Trinajstić information content (AvgIpc) is 2.36. The molecular weight excluding hydrogens is 238 g/mol. The van der Waals surface area contributed by atoms with E-state index in [0.717, 1.165) is 31.7 Å². The van der Waals surface area contributed by atoms with Gasteiger partial charge in [-0.25, -0.2) is 0 Å². The van der Waals surface area contributed by atoms with E-state index in [-0.39, 0.29) is 5.91 Å². The van der Waals surface area contributed by atoms with E-state index < -0.39 is 0 Å². The lowest BCUT2D eigenvalue weighted by Crippen LogP contribution is -2.53. The number of anilines is 1. The van der Waals surface area contributed by atoms with Crippen LogP contribution in [-0.4, -0.2) is 47.9 Å². The van der Waals surface area contributed by atoms with E-state index in [9.17, 15) is 4.79 Å². The van der Waals surface area contributed by atoms with Crippen molar-refractivity contribution in [1.82, 2.24) is 9.80 Å². The number of hydrogen-bond acceptors (Lipinski definition) is 3. The van der Waals surface area contributed by atoms with E-state index >= 15 is 0 Å². The molecule has 4 nitrogen and oxygen atoms in total. The molecule has 1 atom stereocenters. The molecule has 0 aromatic heterocycles. The second-order valence-electron chi connectivity index (χ2n) is 5.36. The number of benzene rings is 1. The Bertz CT molecular complexity index is 452. The third kappa shape index (κ3) is 3.07. The zero-order valence-electron chi connectivity index (χ0n) is 12.0. The van der Waals surface area contributed by atoms with Gasteiger partial charge in [0.1, 0.15) is 0 Å². The van der Waals surface area contributed by atoms with Gasteiger partial charge >= 0.3 is 0 Å². The average molecular weight is 261 g/mol. The van der Waals surface area contributed by atoms with Crippen LogP contribution >= 0.6 is 0 Å². The number of carbonyl (C=O) groups is 1. The van der Waals surface area contributed by atoms with Gasteiger partial charge in [-0.15, -0.1) is 0 Å². The van der Waals surface area contributed by atoms with Crippen molar-refractivity contribution in [3.05, 3.63) is 29.3 Å². The third-order valence-corrected chi connectivity index (χ3v) is 3.81. The Morgan fingerprint density at radius 2 is 2.11 bits per heavy atom. The van der Waals surface area contributed by atoms with Crippen LogP contribution in [0.1, 0.15) is 29.8 Å². The van der Waals surface area contributed by atoms with E-state index in [1.54, 1.807) is 6.07 Å². The summed E-state index contributed by atoms with van der Waals surface area (Å²) in [6, 6.07) is 5.99. The number of piperazine rings is 1. The molecule has 2 rings (SSSR count). The van der Waals surface area contributed by atoms with Crippen LogP contribution < -0.4 is 5.73 Å². The molecule has 0 spiro atoms. The molecule has 1 unspecified atom stereocenters. The minimum Gasteiger partial charge on any atom is -0.399 e. The van der Waals surface area contributed by atoms with Gasteiger partial charge in [-0.2, -0.15) is 0 Å². The molecule has 1 aliphatic rings. The fourth-order valence-electron chi connectivity index (χ4n) is 2.77. The number of aryl methyl sites for hydroxylation is 1. The lowest BCUT2D eigenvalue weighted by molar-refractivity contribution is 0.0528. The monoisotopic (exact) mass is 261 g/mol. The Morgan fingerprint density at radius 3 is 2.68 bits per heavy atom. The predicted octanol–water partition coefficient (Wildman–Crippen LogP) is 1.74. The summed E-state index contributed by atoms with van der Waals surface area (Å²) in [7, 11) is 0. The molecule has 1 amide bonds. The first-order valence-corrected chi connectivity index (χ1v) is 6.91. The van der Waals surface area contributed by atoms with Crippen molar-refractivity contribution in [1.29, 1.82) is 0 Å². The van der Waals surface area contributed by atoms with Gasteiger partial charge in [0.15, 0.2) is 0 Å². The summed E-state index contributed by atoms with van der Waals surface area (Å²) in [6.45, 7) is 9.88. The molecule has 0 saturated carbocycles. The van der Waals surface area contributed by atoms with Crippen LogP contribution in [0.3, 0.4) is 0 Å². The highest BCUT2D eigenvalue weighted by Crippen LogP contribution is 2.16. The van der Waals surface area contributed by atoms with E-state index in [1.807, 2.05) is 24.0 Å². The van der Waals surface area contributed by atoms with Crippen molar-refractivity contribution in [2.45, 2.75) is 26.8 Å². The summed E-state index contributed by atoms with van der Waals surface area (Å²) in [6.07, 6.45) is 0. The Hall–Kier alpha value is -1.55. The SMILES string of the molecule is CCN1CCN(C(=O)c2cc(C)cc(N)c2)CC1C. The minimum atomic E-state index is 0.0954. The number of nitrogen functional groups attached to an aromatic ring is 1. The van der Waals surface area contributed by atoms with Crippen molar-refractivity contribution in [2.75, 3.05) is 31.9 Å². The van der Waals surface area contributed by atoms with Crippen LogP contribution in [-0.2, 0) is 0 Å². The van der Waals surface area contributed by atoms with Gasteiger partial charge in [-0.05, 0) is 44.2 Å². The topological polar surface area (TPSA) is 49.6 Å². The molecule has 1 aromatic rings. The van der Waals surface area contributed by atoms with Gasteiger partial charge in [0.25, 0.3) is 5.91 Å². The molecule has 1 saturated heterocycles. The molecule has 1 heterocycles. The van der Waals surface area contributed by atoms with Crippen LogP contribution in [0.5, 0.6) is 0 Å². The predicted molar refractivity (Wildman–Crippen MR) is 78.2 cm³/mol. The minimum absolute atomic E-state index is 0.0954. The first-order valence-electron chi connectivity index (χ1n) is 6.91. The number of nitrogens with zero attached hydrogens (tertiary/aromatic N) is 2. The standard InChI is InChI=1S/C15H23N3O/c1-4-17-5-6-18(10-12(17)3)15(19)13-7-11(2)8-14(16)9-13/h7-9,12H,4-6,10,16H2,1-3H3. The number of likely N-dealkylation sites (N-methyl/N-ethyl adjacent to an activating group) is 1. The fourth-order valence-corrected chi connectivity index (χ4v) is 2.77. The number of carbonyl (C=O) groups excluding carboxylic acids is 1. The van der Waals surface area contributed by atoms with E-state index in [2.05, 4.69) is 18.7 Å². The molecule has 0 aliphatic carbocycles. The molecule has 2 N–H and O–H groups in total. The van der Waals surface area contributed by atoms with Crippen LogP contribution in [0.15, 0.2) is 18.2 Å².